The van der Waals surface area contributed by atoms with Crippen molar-refractivity contribution < 1.29 is 9.47 Å². The molecule has 0 amide bonds. The summed E-state index contributed by atoms with van der Waals surface area (Å²) in [5.74, 6) is 0. The second-order valence-electron chi connectivity index (χ2n) is 2.72. The lowest BCUT2D eigenvalue weighted by Crippen LogP contribution is -2.30. The zero-order valence-corrected chi connectivity index (χ0v) is 8.18. The first-order valence-corrected chi connectivity index (χ1v) is 4.57. The van der Waals surface area contributed by atoms with Gasteiger partial charge in [0.1, 0.15) is 0 Å². The van der Waals surface area contributed by atoms with Crippen LogP contribution < -0.4 is 16.8 Å². The van der Waals surface area contributed by atoms with Crippen molar-refractivity contribution in [3.8, 4) is 0 Å². The van der Waals surface area contributed by atoms with E-state index < -0.39 is 0 Å². The highest BCUT2D eigenvalue weighted by molar-refractivity contribution is 4.50. The SMILES string of the molecule is C1COCCN1.C1COCCN1.N. The maximum atomic E-state index is 5.01. The first-order valence-electron chi connectivity index (χ1n) is 4.57. The maximum absolute atomic E-state index is 5.01. The van der Waals surface area contributed by atoms with Gasteiger partial charge in [-0.05, 0) is 0 Å². The quantitative estimate of drug-likeness (QED) is 0.475. The minimum Gasteiger partial charge on any atom is -0.379 e. The summed E-state index contributed by atoms with van der Waals surface area (Å²) in [4.78, 5) is 0. The first kappa shape index (κ1) is 12.8. The standard InChI is InChI=1S/2C4H9NO.H3N/c2*1-3-6-4-2-5-1;/h2*5H,1-4H2;1H3. The average molecular weight is 191 g/mol. The summed E-state index contributed by atoms with van der Waals surface area (Å²) in [6, 6.07) is 0. The van der Waals surface area contributed by atoms with Crippen molar-refractivity contribution in [3.05, 3.63) is 0 Å². The molecule has 0 spiro atoms. The van der Waals surface area contributed by atoms with Crippen molar-refractivity contribution >= 4 is 0 Å². The van der Waals surface area contributed by atoms with E-state index in [4.69, 9.17) is 9.47 Å². The van der Waals surface area contributed by atoms with Gasteiger partial charge in [-0.15, -0.1) is 0 Å². The van der Waals surface area contributed by atoms with E-state index in [2.05, 4.69) is 10.6 Å². The molecule has 13 heavy (non-hydrogen) atoms. The average Bonchev–Trinajstić information content (AvgIpc) is 2.24. The van der Waals surface area contributed by atoms with Crippen molar-refractivity contribution in [2.75, 3.05) is 52.6 Å². The summed E-state index contributed by atoms with van der Waals surface area (Å²) >= 11 is 0. The van der Waals surface area contributed by atoms with Gasteiger partial charge in [-0.3, -0.25) is 0 Å². The zero-order valence-electron chi connectivity index (χ0n) is 8.18. The minimum absolute atomic E-state index is 0. The predicted molar refractivity (Wildman–Crippen MR) is 52.4 cm³/mol. The van der Waals surface area contributed by atoms with E-state index in [0.717, 1.165) is 52.6 Å². The molecule has 2 aliphatic rings. The molecule has 2 saturated heterocycles. The molecule has 5 N–H and O–H groups in total. The van der Waals surface area contributed by atoms with E-state index in [-0.39, 0.29) is 6.15 Å². The Balaban J connectivity index is 0.000000206. The number of morpholine rings is 2. The van der Waals surface area contributed by atoms with Crippen LogP contribution in [0.4, 0.5) is 0 Å². The molecule has 0 aromatic rings. The van der Waals surface area contributed by atoms with Gasteiger partial charge in [0.05, 0.1) is 26.4 Å². The number of hydrogen-bond donors (Lipinski definition) is 3. The lowest BCUT2D eigenvalue weighted by molar-refractivity contribution is 0.109. The van der Waals surface area contributed by atoms with Crippen LogP contribution in [-0.2, 0) is 9.47 Å². The Hall–Kier alpha value is -0.200. The molecule has 2 rings (SSSR count). The fraction of sp³-hybridized carbons (Fsp3) is 1.00. The lowest BCUT2D eigenvalue weighted by Gasteiger charge is -2.10. The number of hydrogen-bond acceptors (Lipinski definition) is 5. The van der Waals surface area contributed by atoms with Gasteiger partial charge >= 0.3 is 0 Å². The molecular weight excluding hydrogens is 170 g/mol. The summed E-state index contributed by atoms with van der Waals surface area (Å²) in [5.41, 5.74) is 0. The van der Waals surface area contributed by atoms with Crippen molar-refractivity contribution in [1.82, 2.24) is 16.8 Å². The summed E-state index contributed by atoms with van der Waals surface area (Å²) < 4.78 is 10.0. The normalized spacial score (nSPS) is 22.2. The van der Waals surface area contributed by atoms with Crippen LogP contribution in [0, 0.1) is 0 Å². The third-order valence-electron chi connectivity index (χ3n) is 1.69. The molecule has 2 heterocycles. The van der Waals surface area contributed by atoms with Gasteiger partial charge in [0, 0.05) is 26.2 Å². The van der Waals surface area contributed by atoms with Crippen LogP contribution >= 0.6 is 0 Å². The number of nitrogens with one attached hydrogen (secondary N) is 2. The minimum atomic E-state index is 0. The Labute approximate surface area is 79.8 Å². The zero-order chi connectivity index (χ0) is 8.49. The highest BCUT2D eigenvalue weighted by Crippen LogP contribution is 1.77. The van der Waals surface area contributed by atoms with Crippen molar-refractivity contribution in [2.45, 2.75) is 0 Å². The molecule has 0 aromatic heterocycles. The summed E-state index contributed by atoms with van der Waals surface area (Å²) in [5, 5.41) is 6.32. The molecule has 5 heteroatoms. The van der Waals surface area contributed by atoms with Crippen molar-refractivity contribution in [1.29, 1.82) is 0 Å². The van der Waals surface area contributed by atoms with Crippen LogP contribution in [0.15, 0.2) is 0 Å². The third kappa shape index (κ3) is 8.14. The van der Waals surface area contributed by atoms with Gasteiger partial charge < -0.3 is 26.3 Å². The molecule has 0 aliphatic carbocycles. The molecule has 0 unspecified atom stereocenters. The van der Waals surface area contributed by atoms with Crippen molar-refractivity contribution in [2.24, 2.45) is 0 Å². The Bertz CT molecular complexity index is 60.4. The van der Waals surface area contributed by atoms with E-state index in [1.807, 2.05) is 0 Å². The molecule has 0 aromatic carbocycles. The second-order valence-corrected chi connectivity index (χ2v) is 2.72. The molecule has 0 atom stereocenters. The van der Waals surface area contributed by atoms with Gasteiger partial charge in [0.25, 0.3) is 0 Å². The Kier molecular flexibility index (Phi) is 9.73. The van der Waals surface area contributed by atoms with Gasteiger partial charge in [-0.2, -0.15) is 0 Å². The lowest BCUT2D eigenvalue weighted by atomic mass is 10.5. The second kappa shape index (κ2) is 9.88. The van der Waals surface area contributed by atoms with E-state index in [9.17, 15) is 0 Å². The van der Waals surface area contributed by atoms with Crippen LogP contribution in [0.3, 0.4) is 0 Å². The predicted octanol–water partition coefficient (Wildman–Crippen LogP) is -0.626. The topological polar surface area (TPSA) is 77.5 Å². The molecule has 0 bridgehead atoms. The van der Waals surface area contributed by atoms with E-state index in [1.54, 1.807) is 0 Å². The largest absolute Gasteiger partial charge is 0.379 e. The molecule has 5 nitrogen and oxygen atoms in total. The summed E-state index contributed by atoms with van der Waals surface area (Å²) in [6.45, 7) is 7.67. The Morgan fingerprint density at radius 1 is 0.615 bits per heavy atom. The number of rotatable bonds is 0. The van der Waals surface area contributed by atoms with Crippen LogP contribution in [0.5, 0.6) is 0 Å². The van der Waals surface area contributed by atoms with Gasteiger partial charge in [0.2, 0.25) is 0 Å². The van der Waals surface area contributed by atoms with E-state index in [0.29, 0.717) is 0 Å². The monoisotopic (exact) mass is 191 g/mol. The van der Waals surface area contributed by atoms with Crippen LogP contribution in [0.1, 0.15) is 0 Å². The van der Waals surface area contributed by atoms with E-state index >= 15 is 0 Å². The highest BCUT2D eigenvalue weighted by atomic mass is 16.5. The fourth-order valence-electron chi connectivity index (χ4n) is 1.03. The van der Waals surface area contributed by atoms with Crippen LogP contribution in [0.2, 0.25) is 0 Å². The molecule has 2 aliphatic heterocycles. The van der Waals surface area contributed by atoms with Crippen LogP contribution in [-0.4, -0.2) is 52.6 Å². The molecule has 0 radical (unpaired) electrons. The Morgan fingerprint density at radius 3 is 1.00 bits per heavy atom. The van der Waals surface area contributed by atoms with E-state index in [1.165, 1.54) is 0 Å². The van der Waals surface area contributed by atoms with Gasteiger partial charge in [-0.25, -0.2) is 0 Å². The maximum Gasteiger partial charge on any atom is 0.0591 e. The third-order valence-corrected chi connectivity index (χ3v) is 1.69. The first-order chi connectivity index (χ1) is 6.00. The highest BCUT2D eigenvalue weighted by Gasteiger charge is 1.93. The fourth-order valence-corrected chi connectivity index (χ4v) is 1.03. The summed E-state index contributed by atoms with van der Waals surface area (Å²) in [7, 11) is 0. The summed E-state index contributed by atoms with van der Waals surface area (Å²) in [6.07, 6.45) is 0. The van der Waals surface area contributed by atoms with Crippen LogP contribution in [0.25, 0.3) is 0 Å². The smallest absolute Gasteiger partial charge is 0.0591 e. The molecule has 80 valence electrons. The van der Waals surface area contributed by atoms with Gasteiger partial charge in [0.15, 0.2) is 0 Å². The Morgan fingerprint density at radius 2 is 0.923 bits per heavy atom. The number of ether oxygens (including phenoxy) is 2. The molecule has 0 saturated carbocycles. The van der Waals surface area contributed by atoms with Crippen molar-refractivity contribution in [3.63, 3.8) is 0 Å². The van der Waals surface area contributed by atoms with Gasteiger partial charge in [-0.1, -0.05) is 0 Å². The molecular formula is C8H21N3O2. The molecule has 2 fully saturated rings.